The van der Waals surface area contributed by atoms with Gasteiger partial charge in [-0.05, 0) is 12.8 Å². The molecule has 0 spiro atoms. The van der Waals surface area contributed by atoms with Crippen LogP contribution in [-0.2, 0) is 14.3 Å². The highest BCUT2D eigenvalue weighted by Gasteiger charge is 2.53. The van der Waals surface area contributed by atoms with Crippen LogP contribution < -0.4 is 5.32 Å². The van der Waals surface area contributed by atoms with Gasteiger partial charge in [0.1, 0.15) is 5.92 Å². The van der Waals surface area contributed by atoms with E-state index in [0.717, 1.165) is 25.7 Å². The molecule has 3 rings (SSSR count). The summed E-state index contributed by atoms with van der Waals surface area (Å²) in [6.45, 7) is 0. The number of carboxylic acid groups (broad SMARTS) is 1. The zero-order valence-electron chi connectivity index (χ0n) is 12.2. The Morgan fingerprint density at radius 2 is 1.52 bits per heavy atom. The highest BCUT2D eigenvalue weighted by molar-refractivity contribution is 5.87. The number of carbonyl (C=O) groups is 2. The number of amides is 1. The van der Waals surface area contributed by atoms with Crippen molar-refractivity contribution in [2.45, 2.75) is 63.2 Å². The fourth-order valence-electron chi connectivity index (χ4n) is 3.81. The molecule has 1 amide bonds. The smallest absolute Gasteiger partial charge is 0.310 e. The van der Waals surface area contributed by atoms with Gasteiger partial charge in [-0.25, -0.2) is 0 Å². The minimum absolute atomic E-state index is 0.148. The highest BCUT2D eigenvalue weighted by atomic mass is 16.5. The van der Waals surface area contributed by atoms with Gasteiger partial charge in [0.2, 0.25) is 5.91 Å². The summed E-state index contributed by atoms with van der Waals surface area (Å²) in [6.07, 6.45) is 10.8. The fraction of sp³-hybridized carbons (Fsp3) is 0.750. The molecule has 116 valence electrons. The van der Waals surface area contributed by atoms with E-state index in [1.54, 1.807) is 6.08 Å². The quantitative estimate of drug-likeness (QED) is 0.779. The van der Waals surface area contributed by atoms with E-state index in [1.807, 2.05) is 6.08 Å². The van der Waals surface area contributed by atoms with Crippen molar-refractivity contribution in [1.29, 1.82) is 0 Å². The zero-order chi connectivity index (χ0) is 14.8. The number of nitrogens with one attached hydrogen (secondary N) is 1. The van der Waals surface area contributed by atoms with Gasteiger partial charge in [0, 0.05) is 6.04 Å². The minimum atomic E-state index is -0.940. The minimum Gasteiger partial charge on any atom is -0.481 e. The lowest BCUT2D eigenvalue weighted by Crippen LogP contribution is -2.46. The van der Waals surface area contributed by atoms with E-state index in [4.69, 9.17) is 4.74 Å². The molecule has 0 aromatic heterocycles. The lowest BCUT2D eigenvalue weighted by atomic mass is 9.82. The van der Waals surface area contributed by atoms with Gasteiger partial charge in [-0.3, -0.25) is 9.59 Å². The van der Waals surface area contributed by atoms with Gasteiger partial charge >= 0.3 is 5.97 Å². The molecule has 0 aromatic carbocycles. The molecule has 2 N–H and O–H groups in total. The van der Waals surface area contributed by atoms with Crippen LogP contribution in [0.3, 0.4) is 0 Å². The molecule has 1 aliphatic carbocycles. The molecule has 2 heterocycles. The summed E-state index contributed by atoms with van der Waals surface area (Å²) in [5, 5.41) is 12.4. The van der Waals surface area contributed by atoms with Crippen LogP contribution in [-0.4, -0.2) is 35.2 Å². The third kappa shape index (κ3) is 2.98. The predicted octanol–water partition coefficient (Wildman–Crippen LogP) is 1.87. The van der Waals surface area contributed by atoms with E-state index in [-0.39, 0.29) is 18.1 Å². The third-order valence-electron chi connectivity index (χ3n) is 4.94. The molecular formula is C16H23NO4. The summed E-state index contributed by atoms with van der Waals surface area (Å²) in [4.78, 5) is 23.9. The van der Waals surface area contributed by atoms with E-state index in [1.165, 1.54) is 19.3 Å². The van der Waals surface area contributed by atoms with Crippen molar-refractivity contribution in [2.24, 2.45) is 11.8 Å². The Hall–Kier alpha value is -1.36. The van der Waals surface area contributed by atoms with E-state index in [9.17, 15) is 14.7 Å². The molecular weight excluding hydrogens is 270 g/mol. The second-order valence-corrected chi connectivity index (χ2v) is 6.39. The molecule has 2 bridgehead atoms. The predicted molar refractivity (Wildman–Crippen MR) is 76.7 cm³/mol. The maximum atomic E-state index is 12.5. The number of carboxylic acids is 1. The second-order valence-electron chi connectivity index (χ2n) is 6.39. The van der Waals surface area contributed by atoms with Crippen LogP contribution in [0.15, 0.2) is 12.2 Å². The molecule has 21 heavy (non-hydrogen) atoms. The van der Waals surface area contributed by atoms with E-state index in [2.05, 4.69) is 5.32 Å². The lowest BCUT2D eigenvalue weighted by molar-refractivity contribution is -0.146. The molecule has 0 unspecified atom stereocenters. The summed E-state index contributed by atoms with van der Waals surface area (Å²) in [6, 6.07) is 0.190. The molecule has 5 nitrogen and oxygen atoms in total. The number of rotatable bonds is 3. The molecule has 5 heteroatoms. The van der Waals surface area contributed by atoms with Crippen LogP contribution in [0, 0.1) is 11.8 Å². The SMILES string of the molecule is O=C(NC1CCCCCCC1)[C@@H]1[C@H](C(=O)O)[C@H]2C=C[C@H]1O2. The molecule has 1 saturated carbocycles. The zero-order valence-corrected chi connectivity index (χ0v) is 12.2. The summed E-state index contributed by atoms with van der Waals surface area (Å²) in [7, 11) is 0. The molecule has 4 atom stereocenters. The van der Waals surface area contributed by atoms with Crippen LogP contribution in [0.4, 0.5) is 0 Å². The number of ether oxygens (including phenoxy) is 1. The Morgan fingerprint density at radius 1 is 0.952 bits per heavy atom. The largest absolute Gasteiger partial charge is 0.481 e. The monoisotopic (exact) mass is 293 g/mol. The van der Waals surface area contributed by atoms with Crippen LogP contribution >= 0.6 is 0 Å². The summed E-state index contributed by atoms with van der Waals surface area (Å²) < 4.78 is 5.56. The van der Waals surface area contributed by atoms with Crippen molar-refractivity contribution >= 4 is 11.9 Å². The van der Waals surface area contributed by atoms with Crippen molar-refractivity contribution < 1.29 is 19.4 Å². The highest BCUT2D eigenvalue weighted by Crippen LogP contribution is 2.39. The van der Waals surface area contributed by atoms with Gasteiger partial charge in [0.15, 0.2) is 0 Å². The number of hydrogen-bond acceptors (Lipinski definition) is 3. The first kappa shape index (κ1) is 14.6. The Balaban J connectivity index is 1.64. The second kappa shape index (κ2) is 6.18. The topological polar surface area (TPSA) is 75.6 Å². The molecule has 1 saturated heterocycles. The fourth-order valence-corrected chi connectivity index (χ4v) is 3.81. The van der Waals surface area contributed by atoms with Crippen molar-refractivity contribution in [3.8, 4) is 0 Å². The van der Waals surface area contributed by atoms with Crippen molar-refractivity contribution in [3.63, 3.8) is 0 Å². The maximum absolute atomic E-state index is 12.5. The first-order chi connectivity index (χ1) is 10.2. The average molecular weight is 293 g/mol. The summed E-state index contributed by atoms with van der Waals surface area (Å²) in [5.41, 5.74) is 0. The Labute approximate surface area is 124 Å². The number of carbonyl (C=O) groups excluding carboxylic acids is 1. The normalized spacial score (nSPS) is 36.2. The van der Waals surface area contributed by atoms with Gasteiger partial charge < -0.3 is 15.2 Å². The van der Waals surface area contributed by atoms with Gasteiger partial charge in [0.25, 0.3) is 0 Å². The van der Waals surface area contributed by atoms with Gasteiger partial charge in [0.05, 0.1) is 18.1 Å². The summed E-state index contributed by atoms with van der Waals surface area (Å²) in [5.74, 6) is -2.41. The molecule has 3 aliphatic rings. The van der Waals surface area contributed by atoms with Gasteiger partial charge in [-0.1, -0.05) is 44.3 Å². The van der Waals surface area contributed by atoms with Crippen molar-refractivity contribution in [3.05, 3.63) is 12.2 Å². The Kier molecular flexibility index (Phi) is 4.29. The third-order valence-corrected chi connectivity index (χ3v) is 4.94. The van der Waals surface area contributed by atoms with Gasteiger partial charge in [-0.15, -0.1) is 0 Å². The van der Waals surface area contributed by atoms with Gasteiger partial charge in [-0.2, -0.15) is 0 Å². The van der Waals surface area contributed by atoms with E-state index < -0.39 is 23.9 Å². The van der Waals surface area contributed by atoms with Crippen LogP contribution in [0.1, 0.15) is 44.9 Å². The van der Waals surface area contributed by atoms with Crippen LogP contribution in [0.2, 0.25) is 0 Å². The first-order valence-electron chi connectivity index (χ1n) is 8.04. The number of hydrogen-bond donors (Lipinski definition) is 2. The van der Waals surface area contributed by atoms with Crippen LogP contribution in [0.25, 0.3) is 0 Å². The lowest BCUT2D eigenvalue weighted by Gasteiger charge is -2.26. The Morgan fingerprint density at radius 3 is 2.14 bits per heavy atom. The Bertz CT molecular complexity index is 440. The molecule has 2 fully saturated rings. The maximum Gasteiger partial charge on any atom is 0.310 e. The van der Waals surface area contributed by atoms with Crippen molar-refractivity contribution in [1.82, 2.24) is 5.32 Å². The van der Waals surface area contributed by atoms with E-state index >= 15 is 0 Å². The van der Waals surface area contributed by atoms with Crippen LogP contribution in [0.5, 0.6) is 0 Å². The van der Waals surface area contributed by atoms with Crippen molar-refractivity contribution in [2.75, 3.05) is 0 Å². The number of aliphatic carboxylic acids is 1. The van der Waals surface area contributed by atoms with E-state index in [0.29, 0.717) is 0 Å². The first-order valence-corrected chi connectivity index (χ1v) is 8.04. The summed E-state index contributed by atoms with van der Waals surface area (Å²) >= 11 is 0. The standard InChI is InChI=1S/C16H23NO4/c18-15(17-10-6-4-2-1-3-5-7-10)13-11-8-9-12(21-11)14(13)16(19)20/h8-14H,1-7H2,(H,17,18)(H,19,20)/t11-,12-,13+,14-/m1/s1. The molecule has 0 radical (unpaired) electrons. The molecule has 2 aliphatic heterocycles. The molecule has 0 aromatic rings. The number of fused-ring (bicyclic) bond motifs is 2. The average Bonchev–Trinajstić information content (AvgIpc) is 3.01.